The number of rotatable bonds is 4. The highest BCUT2D eigenvalue weighted by atomic mass is 15.2. The molecular formula is C16H24N2. The van der Waals surface area contributed by atoms with E-state index < -0.39 is 0 Å². The molecule has 98 valence electrons. The first kappa shape index (κ1) is 12.2. The first-order valence-corrected chi connectivity index (χ1v) is 7.36. The highest BCUT2D eigenvalue weighted by Crippen LogP contribution is 2.38. The van der Waals surface area contributed by atoms with Gasteiger partial charge in [-0.2, -0.15) is 0 Å². The summed E-state index contributed by atoms with van der Waals surface area (Å²) in [6.45, 7) is 3.50. The molecule has 2 heteroatoms. The van der Waals surface area contributed by atoms with Crippen LogP contribution in [0.4, 0.5) is 0 Å². The Labute approximate surface area is 110 Å². The maximum Gasteiger partial charge on any atom is 0.0478 e. The zero-order valence-corrected chi connectivity index (χ0v) is 11.5. The molecule has 2 aliphatic rings. The van der Waals surface area contributed by atoms with Crippen LogP contribution in [0.3, 0.4) is 0 Å². The molecule has 3 rings (SSSR count). The largest absolute Gasteiger partial charge is 0.312 e. The van der Waals surface area contributed by atoms with Gasteiger partial charge in [0.1, 0.15) is 0 Å². The van der Waals surface area contributed by atoms with Crippen molar-refractivity contribution < 1.29 is 0 Å². The molecule has 1 saturated carbocycles. The fraction of sp³-hybridized carbons (Fsp3) is 0.625. The lowest BCUT2D eigenvalue weighted by Gasteiger charge is -2.40. The predicted molar refractivity (Wildman–Crippen MR) is 75.8 cm³/mol. The lowest BCUT2D eigenvalue weighted by molar-refractivity contribution is 0.142. The molecule has 1 fully saturated rings. The second-order valence-electron chi connectivity index (χ2n) is 5.63. The molecule has 1 N–H and O–H groups in total. The van der Waals surface area contributed by atoms with Gasteiger partial charge in [-0.15, -0.1) is 0 Å². The van der Waals surface area contributed by atoms with Crippen molar-refractivity contribution in [2.24, 2.45) is 0 Å². The number of fused-ring (bicyclic) bond motifs is 1. The Kier molecular flexibility index (Phi) is 3.40. The molecule has 0 radical (unpaired) electrons. The Hall–Kier alpha value is -0.860. The van der Waals surface area contributed by atoms with Gasteiger partial charge in [0.25, 0.3) is 0 Å². The van der Waals surface area contributed by atoms with Crippen LogP contribution in [0.1, 0.15) is 43.4 Å². The van der Waals surface area contributed by atoms with Crippen molar-refractivity contribution in [3.05, 3.63) is 35.4 Å². The topological polar surface area (TPSA) is 15.3 Å². The molecule has 0 amide bonds. The van der Waals surface area contributed by atoms with Gasteiger partial charge in [0, 0.05) is 18.1 Å². The first-order valence-electron chi connectivity index (χ1n) is 7.36. The van der Waals surface area contributed by atoms with Gasteiger partial charge in [-0.1, -0.05) is 31.2 Å². The Morgan fingerprint density at radius 1 is 1.22 bits per heavy atom. The number of hydrogen-bond acceptors (Lipinski definition) is 2. The second kappa shape index (κ2) is 5.02. The zero-order valence-electron chi connectivity index (χ0n) is 11.5. The van der Waals surface area contributed by atoms with Crippen molar-refractivity contribution in [1.82, 2.24) is 10.2 Å². The minimum atomic E-state index is 0.510. The monoisotopic (exact) mass is 244 g/mol. The summed E-state index contributed by atoms with van der Waals surface area (Å²) >= 11 is 0. The third kappa shape index (κ3) is 2.08. The van der Waals surface area contributed by atoms with Crippen molar-refractivity contribution in [2.75, 3.05) is 13.6 Å². The highest BCUT2D eigenvalue weighted by Gasteiger charge is 2.38. The molecule has 0 heterocycles. The minimum absolute atomic E-state index is 0.510. The van der Waals surface area contributed by atoms with Gasteiger partial charge in [-0.05, 0) is 50.4 Å². The average molecular weight is 244 g/mol. The van der Waals surface area contributed by atoms with Crippen LogP contribution in [0, 0.1) is 0 Å². The summed E-state index contributed by atoms with van der Waals surface area (Å²) in [7, 11) is 2.11. The number of hydrogen-bond donors (Lipinski definition) is 1. The van der Waals surface area contributed by atoms with Crippen LogP contribution in [-0.2, 0) is 6.42 Å². The maximum atomic E-state index is 3.57. The van der Waals surface area contributed by atoms with Crippen molar-refractivity contribution in [2.45, 2.75) is 50.7 Å². The molecule has 0 saturated heterocycles. The number of aryl methyl sites for hydroxylation is 1. The van der Waals surface area contributed by atoms with Crippen LogP contribution in [0.2, 0.25) is 0 Å². The van der Waals surface area contributed by atoms with Crippen molar-refractivity contribution in [1.29, 1.82) is 0 Å². The van der Waals surface area contributed by atoms with E-state index in [1.807, 2.05) is 0 Å². The van der Waals surface area contributed by atoms with Crippen LogP contribution in [0.15, 0.2) is 24.3 Å². The fourth-order valence-corrected chi connectivity index (χ4v) is 3.62. The second-order valence-corrected chi connectivity index (χ2v) is 5.63. The van der Waals surface area contributed by atoms with Gasteiger partial charge >= 0.3 is 0 Å². The van der Waals surface area contributed by atoms with Crippen LogP contribution in [-0.4, -0.2) is 30.6 Å². The van der Waals surface area contributed by atoms with Crippen molar-refractivity contribution in [3.63, 3.8) is 0 Å². The van der Waals surface area contributed by atoms with E-state index in [0.29, 0.717) is 12.1 Å². The third-order valence-electron chi connectivity index (χ3n) is 4.60. The predicted octanol–water partition coefficient (Wildman–Crippen LogP) is 2.75. The van der Waals surface area contributed by atoms with Crippen LogP contribution in [0.25, 0.3) is 0 Å². The molecule has 2 atom stereocenters. The molecule has 18 heavy (non-hydrogen) atoms. The number of nitrogens with zero attached hydrogens (tertiary/aromatic N) is 1. The fourth-order valence-electron chi connectivity index (χ4n) is 3.62. The summed E-state index contributed by atoms with van der Waals surface area (Å²) in [5.41, 5.74) is 3.07. The van der Waals surface area contributed by atoms with E-state index in [1.165, 1.54) is 37.8 Å². The molecular weight excluding hydrogens is 220 g/mol. The Morgan fingerprint density at radius 2 is 2.00 bits per heavy atom. The first-order chi connectivity index (χ1) is 8.85. The van der Waals surface area contributed by atoms with Crippen LogP contribution in [0.5, 0.6) is 0 Å². The quantitative estimate of drug-likeness (QED) is 0.876. The highest BCUT2D eigenvalue weighted by molar-refractivity contribution is 5.34. The van der Waals surface area contributed by atoms with Gasteiger partial charge in [0.2, 0.25) is 0 Å². The van der Waals surface area contributed by atoms with Gasteiger partial charge in [0.15, 0.2) is 0 Å². The van der Waals surface area contributed by atoms with E-state index in [9.17, 15) is 0 Å². The van der Waals surface area contributed by atoms with Crippen LogP contribution < -0.4 is 5.32 Å². The van der Waals surface area contributed by atoms with E-state index in [1.54, 1.807) is 5.56 Å². The normalized spacial score (nSPS) is 27.3. The van der Waals surface area contributed by atoms with E-state index in [4.69, 9.17) is 0 Å². The zero-order chi connectivity index (χ0) is 12.5. The SMILES string of the molecule is CCN(C1CC1)C1CCc2ccccc2C1NC. The number of nitrogens with one attached hydrogen (secondary N) is 1. The summed E-state index contributed by atoms with van der Waals surface area (Å²) in [5, 5.41) is 3.57. The standard InChI is InChI=1S/C16H24N2/c1-3-18(13-9-10-13)15-11-8-12-6-4-5-7-14(12)16(15)17-2/h4-7,13,15-17H,3,8-11H2,1-2H3. The van der Waals surface area contributed by atoms with E-state index >= 15 is 0 Å². The van der Waals surface area contributed by atoms with Crippen molar-refractivity contribution >= 4 is 0 Å². The Morgan fingerprint density at radius 3 is 2.67 bits per heavy atom. The summed E-state index contributed by atoms with van der Waals surface area (Å²) in [5.74, 6) is 0. The van der Waals surface area contributed by atoms with E-state index in [0.717, 1.165) is 6.04 Å². The third-order valence-corrected chi connectivity index (χ3v) is 4.60. The van der Waals surface area contributed by atoms with Crippen molar-refractivity contribution in [3.8, 4) is 0 Å². The Balaban J connectivity index is 1.88. The number of likely N-dealkylation sites (N-methyl/N-ethyl adjacent to an activating group) is 2. The molecule has 0 aliphatic heterocycles. The van der Waals surface area contributed by atoms with Crippen LogP contribution >= 0.6 is 0 Å². The van der Waals surface area contributed by atoms with E-state index in [-0.39, 0.29) is 0 Å². The summed E-state index contributed by atoms with van der Waals surface area (Å²) in [4.78, 5) is 2.73. The molecule has 0 aromatic heterocycles. The van der Waals surface area contributed by atoms with Gasteiger partial charge in [-0.3, -0.25) is 4.90 Å². The van der Waals surface area contributed by atoms with E-state index in [2.05, 4.69) is 48.5 Å². The molecule has 2 aliphatic carbocycles. The lowest BCUT2D eigenvalue weighted by atomic mass is 9.83. The molecule has 1 aromatic rings. The number of benzene rings is 1. The van der Waals surface area contributed by atoms with Gasteiger partial charge < -0.3 is 5.32 Å². The average Bonchev–Trinajstić information content (AvgIpc) is 3.24. The smallest absolute Gasteiger partial charge is 0.0478 e. The maximum absolute atomic E-state index is 3.57. The minimum Gasteiger partial charge on any atom is -0.312 e. The van der Waals surface area contributed by atoms with Gasteiger partial charge in [0.05, 0.1) is 0 Å². The molecule has 0 spiro atoms. The molecule has 2 nitrogen and oxygen atoms in total. The Bertz CT molecular complexity index is 411. The summed E-state index contributed by atoms with van der Waals surface area (Å²) < 4.78 is 0. The van der Waals surface area contributed by atoms with Gasteiger partial charge in [-0.25, -0.2) is 0 Å². The molecule has 2 unspecified atom stereocenters. The summed E-state index contributed by atoms with van der Waals surface area (Å²) in [6.07, 6.45) is 5.35. The molecule has 0 bridgehead atoms. The lowest BCUT2D eigenvalue weighted by Crippen LogP contribution is -2.47. The summed E-state index contributed by atoms with van der Waals surface area (Å²) in [6, 6.07) is 11.0. The molecule has 1 aromatic carbocycles.